The number of nitrogens with zero attached hydrogens (tertiary/aromatic N) is 2. The van der Waals surface area contributed by atoms with Gasteiger partial charge in [0.05, 0.1) is 0 Å². The molecule has 0 fully saturated rings. The molecule has 0 aliphatic carbocycles. The third-order valence-corrected chi connectivity index (χ3v) is 3.58. The summed E-state index contributed by atoms with van der Waals surface area (Å²) in [4.78, 5) is 20.7. The van der Waals surface area contributed by atoms with Crippen molar-refractivity contribution in [1.82, 2.24) is 15.3 Å². The Morgan fingerprint density at radius 3 is 2.50 bits per heavy atom. The number of aryl methyl sites for hydroxylation is 1. The zero-order valence-corrected chi connectivity index (χ0v) is 14.0. The van der Waals surface area contributed by atoms with E-state index in [2.05, 4.69) is 20.6 Å². The molecule has 0 unspecified atom stereocenters. The zero-order chi connectivity index (χ0) is 18.5. The molecule has 26 heavy (non-hydrogen) atoms. The minimum atomic E-state index is -0.444. The second-order valence-electron chi connectivity index (χ2n) is 5.62. The highest BCUT2D eigenvalue weighted by Crippen LogP contribution is 2.15. The molecule has 0 radical (unpaired) electrons. The summed E-state index contributed by atoms with van der Waals surface area (Å²) < 4.78 is 26.6. The number of amides is 1. The number of benzene rings is 2. The number of hydrogen-bond acceptors (Lipinski definition) is 4. The molecule has 0 atom stereocenters. The molecule has 7 heteroatoms. The Morgan fingerprint density at radius 1 is 1.04 bits per heavy atom. The predicted molar refractivity (Wildman–Crippen MR) is 94.0 cm³/mol. The van der Waals surface area contributed by atoms with Gasteiger partial charge in [0.15, 0.2) is 0 Å². The monoisotopic (exact) mass is 354 g/mol. The standard InChI is InChI=1S/C19H16F2N4O/c1-12-10-17(18(26)22-11-13-4-2-3-5-16(13)21)25-19(23-12)24-15-8-6-14(20)7-9-15/h2-10H,11H2,1H3,(H,22,26)(H,23,24,25). The van der Waals surface area contributed by atoms with Gasteiger partial charge in [0.2, 0.25) is 5.95 Å². The summed E-state index contributed by atoms with van der Waals surface area (Å²) in [6.07, 6.45) is 0. The molecule has 0 saturated carbocycles. The van der Waals surface area contributed by atoms with E-state index in [9.17, 15) is 13.6 Å². The van der Waals surface area contributed by atoms with E-state index in [4.69, 9.17) is 0 Å². The molecule has 1 amide bonds. The summed E-state index contributed by atoms with van der Waals surface area (Å²) >= 11 is 0. The molecular formula is C19H16F2N4O. The van der Waals surface area contributed by atoms with E-state index in [1.54, 1.807) is 37.3 Å². The second kappa shape index (κ2) is 7.69. The van der Waals surface area contributed by atoms with Crippen LogP contribution < -0.4 is 10.6 Å². The molecule has 2 aromatic carbocycles. The molecule has 132 valence electrons. The van der Waals surface area contributed by atoms with Crippen molar-refractivity contribution < 1.29 is 13.6 Å². The number of nitrogens with one attached hydrogen (secondary N) is 2. The van der Waals surface area contributed by atoms with Crippen LogP contribution in [0.3, 0.4) is 0 Å². The van der Waals surface area contributed by atoms with E-state index in [0.717, 1.165) is 0 Å². The Kier molecular flexibility index (Phi) is 5.17. The van der Waals surface area contributed by atoms with Crippen LogP contribution in [0.15, 0.2) is 54.6 Å². The number of carbonyl (C=O) groups is 1. The highest BCUT2D eigenvalue weighted by atomic mass is 19.1. The third-order valence-electron chi connectivity index (χ3n) is 3.58. The molecule has 5 nitrogen and oxygen atoms in total. The Morgan fingerprint density at radius 2 is 1.77 bits per heavy atom. The number of hydrogen-bond donors (Lipinski definition) is 2. The lowest BCUT2D eigenvalue weighted by molar-refractivity contribution is 0.0945. The first-order chi connectivity index (χ1) is 12.5. The van der Waals surface area contributed by atoms with Crippen molar-refractivity contribution in [3.05, 3.63) is 83.2 Å². The molecule has 1 aromatic heterocycles. The van der Waals surface area contributed by atoms with Crippen molar-refractivity contribution >= 4 is 17.5 Å². The maximum absolute atomic E-state index is 13.6. The highest BCUT2D eigenvalue weighted by molar-refractivity contribution is 5.92. The average Bonchev–Trinajstić information content (AvgIpc) is 2.62. The average molecular weight is 354 g/mol. The second-order valence-corrected chi connectivity index (χ2v) is 5.62. The molecule has 0 bridgehead atoms. The van der Waals surface area contributed by atoms with Crippen molar-refractivity contribution in [3.8, 4) is 0 Å². The summed E-state index contributed by atoms with van der Waals surface area (Å²) in [5.74, 6) is -0.965. The summed E-state index contributed by atoms with van der Waals surface area (Å²) in [6.45, 7) is 1.78. The Bertz CT molecular complexity index is 929. The molecule has 0 aliphatic heterocycles. The first kappa shape index (κ1) is 17.5. The van der Waals surface area contributed by atoms with Gasteiger partial charge in [-0.05, 0) is 43.3 Å². The van der Waals surface area contributed by atoms with Crippen LogP contribution in [0.1, 0.15) is 21.7 Å². The largest absolute Gasteiger partial charge is 0.347 e. The molecule has 2 N–H and O–H groups in total. The van der Waals surface area contributed by atoms with Crippen molar-refractivity contribution in [2.45, 2.75) is 13.5 Å². The van der Waals surface area contributed by atoms with Gasteiger partial charge in [-0.3, -0.25) is 4.79 Å². The van der Waals surface area contributed by atoms with Crippen LogP contribution in [0.5, 0.6) is 0 Å². The van der Waals surface area contributed by atoms with E-state index < -0.39 is 5.91 Å². The Balaban J connectivity index is 1.73. The summed E-state index contributed by atoms with van der Waals surface area (Å²) in [7, 11) is 0. The number of rotatable bonds is 5. The maximum Gasteiger partial charge on any atom is 0.270 e. The first-order valence-corrected chi connectivity index (χ1v) is 7.91. The lowest BCUT2D eigenvalue weighted by Gasteiger charge is -2.09. The molecular weight excluding hydrogens is 338 g/mol. The van der Waals surface area contributed by atoms with Crippen LogP contribution in [0.25, 0.3) is 0 Å². The van der Waals surface area contributed by atoms with Crippen molar-refractivity contribution in [2.24, 2.45) is 0 Å². The van der Waals surface area contributed by atoms with Gasteiger partial charge in [0.1, 0.15) is 17.3 Å². The van der Waals surface area contributed by atoms with E-state index in [0.29, 0.717) is 16.9 Å². The summed E-state index contributed by atoms with van der Waals surface area (Å²) in [6, 6.07) is 13.4. The van der Waals surface area contributed by atoms with E-state index in [1.807, 2.05) is 0 Å². The Labute approximate surface area is 149 Å². The fourth-order valence-corrected chi connectivity index (χ4v) is 2.31. The molecule has 1 heterocycles. The zero-order valence-electron chi connectivity index (χ0n) is 14.0. The van der Waals surface area contributed by atoms with Crippen LogP contribution in [-0.2, 0) is 6.54 Å². The van der Waals surface area contributed by atoms with Crippen LogP contribution in [-0.4, -0.2) is 15.9 Å². The first-order valence-electron chi connectivity index (χ1n) is 7.91. The SMILES string of the molecule is Cc1cc(C(=O)NCc2ccccc2F)nc(Nc2ccc(F)cc2)n1. The van der Waals surface area contributed by atoms with Gasteiger partial charge >= 0.3 is 0 Å². The normalized spacial score (nSPS) is 10.4. The minimum absolute atomic E-state index is 0.0509. The summed E-state index contributed by atoms with van der Waals surface area (Å²) in [5.41, 5.74) is 1.71. The van der Waals surface area contributed by atoms with Gasteiger partial charge in [-0.25, -0.2) is 18.7 Å². The molecule has 3 aromatic rings. The highest BCUT2D eigenvalue weighted by Gasteiger charge is 2.12. The van der Waals surface area contributed by atoms with Crippen molar-refractivity contribution in [3.63, 3.8) is 0 Å². The Hall–Kier alpha value is -3.35. The van der Waals surface area contributed by atoms with Gasteiger partial charge in [-0.1, -0.05) is 18.2 Å². The third kappa shape index (κ3) is 4.38. The van der Waals surface area contributed by atoms with Crippen LogP contribution in [0.4, 0.5) is 20.4 Å². The predicted octanol–water partition coefficient (Wildman–Crippen LogP) is 3.74. The number of halogens is 2. The quantitative estimate of drug-likeness (QED) is 0.733. The van der Waals surface area contributed by atoms with Crippen LogP contribution in [0, 0.1) is 18.6 Å². The number of aromatic nitrogens is 2. The van der Waals surface area contributed by atoms with Gasteiger partial charge in [-0.2, -0.15) is 0 Å². The lowest BCUT2D eigenvalue weighted by Crippen LogP contribution is -2.25. The van der Waals surface area contributed by atoms with Crippen LogP contribution in [0.2, 0.25) is 0 Å². The van der Waals surface area contributed by atoms with Gasteiger partial charge in [0, 0.05) is 23.5 Å². The topological polar surface area (TPSA) is 66.9 Å². The summed E-state index contributed by atoms with van der Waals surface area (Å²) in [5, 5.41) is 5.56. The van der Waals surface area contributed by atoms with Gasteiger partial charge in [0.25, 0.3) is 5.91 Å². The van der Waals surface area contributed by atoms with E-state index in [1.165, 1.54) is 24.3 Å². The van der Waals surface area contributed by atoms with E-state index >= 15 is 0 Å². The van der Waals surface area contributed by atoms with Crippen molar-refractivity contribution in [2.75, 3.05) is 5.32 Å². The van der Waals surface area contributed by atoms with Crippen LogP contribution >= 0.6 is 0 Å². The van der Waals surface area contributed by atoms with Gasteiger partial charge in [-0.15, -0.1) is 0 Å². The molecule has 3 rings (SSSR count). The number of carbonyl (C=O) groups excluding carboxylic acids is 1. The maximum atomic E-state index is 13.6. The smallest absolute Gasteiger partial charge is 0.270 e. The molecule has 0 saturated heterocycles. The lowest BCUT2D eigenvalue weighted by atomic mass is 10.2. The van der Waals surface area contributed by atoms with Gasteiger partial charge < -0.3 is 10.6 Å². The molecule has 0 spiro atoms. The fourth-order valence-electron chi connectivity index (χ4n) is 2.31. The minimum Gasteiger partial charge on any atom is -0.347 e. The van der Waals surface area contributed by atoms with Crippen molar-refractivity contribution in [1.29, 1.82) is 0 Å². The number of anilines is 2. The van der Waals surface area contributed by atoms with E-state index in [-0.39, 0.29) is 29.8 Å². The fraction of sp³-hybridized carbons (Fsp3) is 0.105. The molecule has 0 aliphatic rings.